The summed E-state index contributed by atoms with van der Waals surface area (Å²) in [5.74, 6) is 0.598. The SMILES string of the molecule is CCn1ccnc1NCCSC(F)(F)F. The molecule has 0 fully saturated rings. The van der Waals surface area contributed by atoms with Gasteiger partial charge in [-0.1, -0.05) is 0 Å². The Morgan fingerprint density at radius 1 is 1.53 bits per heavy atom. The molecular weight excluding hydrogens is 227 g/mol. The number of aromatic nitrogens is 2. The fourth-order valence-corrected chi connectivity index (χ4v) is 1.50. The standard InChI is InChI=1S/C8H12F3N3S/c1-2-14-5-3-12-7(14)13-4-6-15-8(9,10)11/h3,5H,2,4,6H2,1H3,(H,12,13). The Hall–Kier alpha value is -0.850. The molecule has 1 aromatic heterocycles. The molecule has 0 aliphatic heterocycles. The highest BCUT2D eigenvalue weighted by Gasteiger charge is 2.27. The molecule has 0 saturated carbocycles. The molecule has 1 heterocycles. The van der Waals surface area contributed by atoms with Crippen LogP contribution in [0.1, 0.15) is 6.92 Å². The van der Waals surface area contributed by atoms with Crippen molar-refractivity contribution in [3.63, 3.8) is 0 Å². The van der Waals surface area contributed by atoms with Gasteiger partial charge in [-0.05, 0) is 18.7 Å². The number of nitrogens with zero attached hydrogens (tertiary/aromatic N) is 2. The first kappa shape index (κ1) is 12.2. The van der Waals surface area contributed by atoms with E-state index in [1.54, 1.807) is 12.4 Å². The monoisotopic (exact) mass is 239 g/mol. The molecular formula is C8H12F3N3S. The third-order valence-electron chi connectivity index (χ3n) is 1.71. The van der Waals surface area contributed by atoms with E-state index >= 15 is 0 Å². The van der Waals surface area contributed by atoms with E-state index in [1.807, 2.05) is 11.5 Å². The minimum atomic E-state index is -4.15. The summed E-state index contributed by atoms with van der Waals surface area (Å²) >= 11 is -0.0307. The molecule has 1 aromatic rings. The zero-order valence-corrected chi connectivity index (χ0v) is 9.03. The first-order chi connectivity index (χ1) is 7.03. The average Bonchev–Trinajstić information content (AvgIpc) is 2.58. The van der Waals surface area contributed by atoms with Crippen LogP contribution in [0.4, 0.5) is 19.1 Å². The Bertz CT molecular complexity index is 298. The Balaban J connectivity index is 2.26. The number of thioether (sulfide) groups is 1. The normalized spacial score (nSPS) is 11.7. The van der Waals surface area contributed by atoms with Crippen LogP contribution in [-0.2, 0) is 6.54 Å². The van der Waals surface area contributed by atoms with E-state index in [-0.39, 0.29) is 24.1 Å². The molecule has 0 atom stereocenters. The number of anilines is 1. The van der Waals surface area contributed by atoms with Crippen molar-refractivity contribution in [2.24, 2.45) is 0 Å². The molecule has 0 amide bonds. The van der Waals surface area contributed by atoms with Gasteiger partial charge in [-0.25, -0.2) is 4.98 Å². The molecule has 0 aliphatic carbocycles. The summed E-state index contributed by atoms with van der Waals surface area (Å²) in [6, 6.07) is 0. The van der Waals surface area contributed by atoms with Crippen molar-refractivity contribution in [1.29, 1.82) is 0 Å². The number of nitrogens with one attached hydrogen (secondary N) is 1. The molecule has 0 spiro atoms. The van der Waals surface area contributed by atoms with Crippen LogP contribution in [0.5, 0.6) is 0 Å². The highest BCUT2D eigenvalue weighted by molar-refractivity contribution is 8.00. The van der Waals surface area contributed by atoms with E-state index in [0.717, 1.165) is 6.54 Å². The van der Waals surface area contributed by atoms with Crippen LogP contribution in [0, 0.1) is 0 Å². The van der Waals surface area contributed by atoms with Gasteiger partial charge in [0.25, 0.3) is 0 Å². The second-order valence-corrected chi connectivity index (χ2v) is 3.92. The topological polar surface area (TPSA) is 29.9 Å². The lowest BCUT2D eigenvalue weighted by Crippen LogP contribution is -2.12. The molecule has 0 aliphatic rings. The number of hydrogen-bond donors (Lipinski definition) is 1. The summed E-state index contributed by atoms with van der Waals surface area (Å²) in [7, 11) is 0. The van der Waals surface area contributed by atoms with Crippen LogP contribution in [0.15, 0.2) is 12.4 Å². The molecule has 15 heavy (non-hydrogen) atoms. The molecule has 86 valence electrons. The van der Waals surface area contributed by atoms with Crippen LogP contribution >= 0.6 is 11.8 Å². The van der Waals surface area contributed by atoms with Crippen molar-refractivity contribution in [3.8, 4) is 0 Å². The van der Waals surface area contributed by atoms with Gasteiger partial charge in [0, 0.05) is 31.2 Å². The molecule has 1 rings (SSSR count). The summed E-state index contributed by atoms with van der Waals surface area (Å²) in [6.45, 7) is 2.94. The maximum absolute atomic E-state index is 11.8. The number of halogens is 3. The number of aryl methyl sites for hydroxylation is 1. The van der Waals surface area contributed by atoms with E-state index in [4.69, 9.17) is 0 Å². The van der Waals surface area contributed by atoms with Crippen LogP contribution in [0.25, 0.3) is 0 Å². The molecule has 7 heteroatoms. The Morgan fingerprint density at radius 3 is 2.87 bits per heavy atom. The van der Waals surface area contributed by atoms with E-state index in [0.29, 0.717) is 5.95 Å². The van der Waals surface area contributed by atoms with Crippen LogP contribution in [-0.4, -0.2) is 27.4 Å². The molecule has 0 bridgehead atoms. The van der Waals surface area contributed by atoms with Crippen molar-refractivity contribution in [2.75, 3.05) is 17.6 Å². The summed E-state index contributed by atoms with van der Waals surface area (Å²) < 4.78 is 37.2. The average molecular weight is 239 g/mol. The number of rotatable bonds is 5. The maximum atomic E-state index is 11.8. The Morgan fingerprint density at radius 2 is 2.27 bits per heavy atom. The lowest BCUT2D eigenvalue weighted by Gasteiger charge is -2.08. The van der Waals surface area contributed by atoms with Gasteiger partial charge < -0.3 is 9.88 Å². The van der Waals surface area contributed by atoms with Gasteiger partial charge in [-0.15, -0.1) is 0 Å². The largest absolute Gasteiger partial charge is 0.441 e. The van der Waals surface area contributed by atoms with Crippen molar-refractivity contribution in [3.05, 3.63) is 12.4 Å². The lowest BCUT2D eigenvalue weighted by molar-refractivity contribution is -0.0327. The summed E-state index contributed by atoms with van der Waals surface area (Å²) in [5.41, 5.74) is -4.15. The first-order valence-electron chi connectivity index (χ1n) is 4.48. The van der Waals surface area contributed by atoms with E-state index in [2.05, 4.69) is 10.3 Å². The smallest absolute Gasteiger partial charge is 0.355 e. The Labute approximate surface area is 90.1 Å². The van der Waals surface area contributed by atoms with E-state index in [1.165, 1.54) is 0 Å². The number of imidazole rings is 1. The summed E-state index contributed by atoms with van der Waals surface area (Å²) in [6.07, 6.45) is 3.39. The minimum Gasteiger partial charge on any atom is -0.355 e. The van der Waals surface area contributed by atoms with E-state index < -0.39 is 5.51 Å². The molecule has 0 saturated heterocycles. The number of alkyl halides is 3. The fourth-order valence-electron chi connectivity index (χ4n) is 1.06. The minimum absolute atomic E-state index is 0.0138. The molecule has 0 unspecified atom stereocenters. The van der Waals surface area contributed by atoms with Crippen LogP contribution in [0.3, 0.4) is 0 Å². The van der Waals surface area contributed by atoms with Gasteiger partial charge >= 0.3 is 5.51 Å². The van der Waals surface area contributed by atoms with Crippen molar-refractivity contribution in [2.45, 2.75) is 19.0 Å². The van der Waals surface area contributed by atoms with Gasteiger partial charge in [0.05, 0.1) is 0 Å². The van der Waals surface area contributed by atoms with Crippen molar-refractivity contribution < 1.29 is 13.2 Å². The molecule has 0 radical (unpaired) electrons. The second-order valence-electron chi connectivity index (χ2n) is 2.76. The maximum Gasteiger partial charge on any atom is 0.441 e. The van der Waals surface area contributed by atoms with Gasteiger partial charge in [-0.2, -0.15) is 13.2 Å². The van der Waals surface area contributed by atoms with Gasteiger partial charge in [-0.3, -0.25) is 0 Å². The summed E-state index contributed by atoms with van der Waals surface area (Å²) in [4.78, 5) is 3.98. The third-order valence-corrected chi connectivity index (χ3v) is 2.44. The predicted octanol–water partition coefficient (Wildman–Crippen LogP) is 2.57. The second kappa shape index (κ2) is 5.29. The summed E-state index contributed by atoms with van der Waals surface area (Å²) in [5, 5.41) is 2.85. The molecule has 1 N–H and O–H groups in total. The third kappa shape index (κ3) is 4.46. The van der Waals surface area contributed by atoms with Gasteiger partial charge in [0.15, 0.2) is 0 Å². The lowest BCUT2D eigenvalue weighted by atomic mass is 10.7. The predicted molar refractivity (Wildman–Crippen MR) is 54.9 cm³/mol. The number of hydrogen-bond acceptors (Lipinski definition) is 3. The quantitative estimate of drug-likeness (QED) is 0.801. The van der Waals surface area contributed by atoms with Crippen LogP contribution in [0.2, 0.25) is 0 Å². The fraction of sp³-hybridized carbons (Fsp3) is 0.625. The molecule has 0 aromatic carbocycles. The highest BCUT2D eigenvalue weighted by atomic mass is 32.2. The Kier molecular flexibility index (Phi) is 4.31. The first-order valence-corrected chi connectivity index (χ1v) is 5.47. The van der Waals surface area contributed by atoms with Gasteiger partial charge in [0.1, 0.15) is 0 Å². The van der Waals surface area contributed by atoms with Crippen molar-refractivity contribution in [1.82, 2.24) is 9.55 Å². The van der Waals surface area contributed by atoms with Crippen molar-refractivity contribution >= 4 is 17.7 Å². The zero-order valence-electron chi connectivity index (χ0n) is 8.21. The van der Waals surface area contributed by atoms with Gasteiger partial charge in [0.2, 0.25) is 5.95 Å². The molecule has 3 nitrogen and oxygen atoms in total. The zero-order chi connectivity index (χ0) is 11.3. The van der Waals surface area contributed by atoms with E-state index in [9.17, 15) is 13.2 Å². The van der Waals surface area contributed by atoms with Crippen LogP contribution < -0.4 is 5.32 Å². The highest BCUT2D eigenvalue weighted by Crippen LogP contribution is 2.29.